The molecule has 7 heteroatoms. The Balaban J connectivity index is 2.54. The van der Waals surface area contributed by atoms with Crippen molar-refractivity contribution in [2.75, 3.05) is 13.0 Å². The fraction of sp³-hybridized carbons (Fsp3) is 0.833. The van der Waals surface area contributed by atoms with Crippen LogP contribution in [0, 0.1) is 0 Å². The minimum absolute atomic E-state index is 0.314. The Morgan fingerprint density at radius 1 is 1.54 bits per heavy atom. The molecule has 76 valence electrons. The van der Waals surface area contributed by atoms with Gasteiger partial charge in [-0.25, -0.2) is 0 Å². The molecule has 1 heterocycles. The molecule has 0 aliphatic carbocycles. The molecule has 1 fully saturated rings. The summed E-state index contributed by atoms with van der Waals surface area (Å²) in [6.07, 6.45) is 0.0782. The molecule has 1 saturated heterocycles. The molecule has 0 spiro atoms. The van der Waals surface area contributed by atoms with Gasteiger partial charge in [-0.2, -0.15) is 0 Å². The number of nitrogens with two attached hydrogens (primary N) is 1. The largest absolute Gasteiger partial charge is 0.492 e. The number of amides is 1. The maximum absolute atomic E-state index is 12.0. The van der Waals surface area contributed by atoms with Crippen LogP contribution in [0.5, 0.6) is 0 Å². The predicted molar refractivity (Wildman–Crippen MR) is 42.9 cm³/mol. The molecule has 1 rings (SSSR count). The highest BCUT2D eigenvalue weighted by molar-refractivity contribution is 6.58. The van der Waals surface area contributed by atoms with Gasteiger partial charge in [0.2, 0.25) is 5.91 Å². The van der Waals surface area contributed by atoms with Crippen molar-refractivity contribution >= 4 is 12.9 Å². The minimum Gasteiger partial charge on any atom is -0.448 e. The predicted octanol–water partition coefficient (Wildman–Crippen LogP) is 0.323. The molecule has 2 N–H and O–H groups in total. The van der Waals surface area contributed by atoms with Crippen LogP contribution < -0.4 is 5.73 Å². The molecule has 1 aliphatic heterocycles. The highest BCUT2D eigenvalue weighted by Gasteiger charge is 2.35. The monoisotopic (exact) mass is 195 g/mol. The smallest absolute Gasteiger partial charge is 0.448 e. The number of primary amides is 1. The minimum atomic E-state index is -4.85. The van der Waals surface area contributed by atoms with Gasteiger partial charge < -0.3 is 23.6 Å². The molecule has 1 unspecified atom stereocenters. The fourth-order valence-corrected chi connectivity index (χ4v) is 1.63. The van der Waals surface area contributed by atoms with Gasteiger partial charge in [-0.15, -0.1) is 0 Å². The van der Waals surface area contributed by atoms with Gasteiger partial charge in [0.25, 0.3) is 0 Å². The SMILES string of the molecule is NC(=O)C1CCCN1C[B-](F)(F)F. The van der Waals surface area contributed by atoms with Crippen LogP contribution >= 0.6 is 0 Å². The van der Waals surface area contributed by atoms with Gasteiger partial charge in [0.1, 0.15) is 0 Å². The van der Waals surface area contributed by atoms with Gasteiger partial charge >= 0.3 is 6.98 Å². The summed E-state index contributed by atoms with van der Waals surface area (Å²) in [6.45, 7) is -4.54. The quantitative estimate of drug-likeness (QED) is 0.659. The Bertz CT molecular complexity index is 209. The first-order chi connectivity index (χ1) is 5.90. The van der Waals surface area contributed by atoms with E-state index in [0.717, 1.165) is 4.90 Å². The zero-order valence-corrected chi connectivity index (χ0v) is 7.05. The van der Waals surface area contributed by atoms with Crippen LogP contribution in [0.25, 0.3) is 0 Å². The second-order valence-corrected chi connectivity index (χ2v) is 3.27. The van der Waals surface area contributed by atoms with Gasteiger partial charge in [0, 0.05) is 0 Å². The third kappa shape index (κ3) is 2.91. The normalized spacial score (nSPS) is 25.0. The number of hydrogen-bond acceptors (Lipinski definition) is 2. The molecular weight excluding hydrogens is 184 g/mol. The topological polar surface area (TPSA) is 46.3 Å². The third-order valence-electron chi connectivity index (χ3n) is 2.13. The molecule has 1 amide bonds. The lowest BCUT2D eigenvalue weighted by molar-refractivity contribution is -0.122. The number of nitrogens with zero attached hydrogens (tertiary/aromatic N) is 1. The second kappa shape index (κ2) is 3.57. The van der Waals surface area contributed by atoms with Crippen LogP contribution in [-0.4, -0.2) is 36.8 Å². The lowest BCUT2D eigenvalue weighted by Crippen LogP contribution is -2.46. The van der Waals surface area contributed by atoms with Gasteiger partial charge in [-0.1, -0.05) is 0 Å². The van der Waals surface area contributed by atoms with Crippen molar-refractivity contribution in [3.05, 3.63) is 0 Å². The maximum Gasteiger partial charge on any atom is 0.492 e. The van der Waals surface area contributed by atoms with Crippen molar-refractivity contribution in [1.29, 1.82) is 0 Å². The average Bonchev–Trinajstić information content (AvgIpc) is 2.31. The van der Waals surface area contributed by atoms with E-state index in [4.69, 9.17) is 5.73 Å². The number of likely N-dealkylation sites (tertiary alicyclic amines) is 1. The fourth-order valence-electron chi connectivity index (χ4n) is 1.63. The number of carbonyl (C=O) groups is 1. The summed E-state index contributed by atoms with van der Waals surface area (Å²) in [6, 6.07) is -0.719. The molecule has 1 aliphatic rings. The molecule has 0 aromatic heterocycles. The van der Waals surface area contributed by atoms with Gasteiger partial charge in [-0.05, 0) is 25.8 Å². The van der Waals surface area contributed by atoms with Crippen LogP contribution in [0.1, 0.15) is 12.8 Å². The first-order valence-corrected chi connectivity index (χ1v) is 4.14. The summed E-state index contributed by atoms with van der Waals surface area (Å²) in [5, 5.41) is 0. The number of carbonyl (C=O) groups excluding carboxylic acids is 1. The van der Waals surface area contributed by atoms with E-state index in [0.29, 0.717) is 19.4 Å². The Labute approximate surface area is 74.1 Å². The van der Waals surface area contributed by atoms with E-state index in [1.807, 2.05) is 0 Å². The van der Waals surface area contributed by atoms with Crippen LogP contribution in [-0.2, 0) is 4.79 Å². The third-order valence-corrected chi connectivity index (χ3v) is 2.13. The van der Waals surface area contributed by atoms with Gasteiger partial charge in [-0.3, -0.25) is 4.79 Å². The van der Waals surface area contributed by atoms with E-state index < -0.39 is 25.4 Å². The van der Waals surface area contributed by atoms with Crippen molar-refractivity contribution in [3.8, 4) is 0 Å². The standard InChI is InChI=1S/C6H11BF3N2O/c8-7(9,10)4-12-3-1-2-5(12)6(11)13/h5H,1-4H2,(H2,11,13)/q-1. The number of rotatable bonds is 3. The summed E-state index contributed by atoms with van der Waals surface area (Å²) in [5.74, 6) is -0.655. The van der Waals surface area contributed by atoms with Crippen molar-refractivity contribution < 1.29 is 17.7 Å². The van der Waals surface area contributed by atoms with E-state index in [1.54, 1.807) is 0 Å². The van der Waals surface area contributed by atoms with Gasteiger partial charge in [0.05, 0.1) is 6.04 Å². The second-order valence-electron chi connectivity index (χ2n) is 3.27. The van der Waals surface area contributed by atoms with E-state index >= 15 is 0 Å². The van der Waals surface area contributed by atoms with E-state index in [2.05, 4.69) is 0 Å². The Morgan fingerprint density at radius 3 is 2.62 bits per heavy atom. The molecule has 0 bridgehead atoms. The highest BCUT2D eigenvalue weighted by atomic mass is 19.4. The number of halogens is 3. The lowest BCUT2D eigenvalue weighted by Gasteiger charge is -2.27. The van der Waals surface area contributed by atoms with E-state index in [9.17, 15) is 17.7 Å². The van der Waals surface area contributed by atoms with Crippen LogP contribution in [0.2, 0.25) is 0 Å². The first kappa shape index (κ1) is 10.4. The van der Waals surface area contributed by atoms with E-state index in [1.165, 1.54) is 0 Å². The summed E-state index contributed by atoms with van der Waals surface area (Å²) < 4.78 is 36.0. The highest BCUT2D eigenvalue weighted by Crippen LogP contribution is 2.20. The molecule has 1 atom stereocenters. The molecule has 0 saturated carbocycles. The Morgan fingerprint density at radius 2 is 2.15 bits per heavy atom. The molecular formula is C6H11BF3N2O-. The Hall–Kier alpha value is -0.715. The summed E-state index contributed by atoms with van der Waals surface area (Å²) >= 11 is 0. The van der Waals surface area contributed by atoms with E-state index in [-0.39, 0.29) is 0 Å². The summed E-state index contributed by atoms with van der Waals surface area (Å²) in [5.41, 5.74) is 4.97. The molecule has 0 aromatic rings. The van der Waals surface area contributed by atoms with Crippen molar-refractivity contribution in [3.63, 3.8) is 0 Å². The summed E-state index contributed by atoms with van der Waals surface area (Å²) in [4.78, 5) is 11.8. The zero-order valence-electron chi connectivity index (χ0n) is 7.05. The Kier molecular flexibility index (Phi) is 2.85. The maximum atomic E-state index is 12.0. The van der Waals surface area contributed by atoms with Crippen molar-refractivity contribution in [2.24, 2.45) is 5.73 Å². The molecule has 0 aromatic carbocycles. The lowest BCUT2D eigenvalue weighted by atomic mass is 9.91. The van der Waals surface area contributed by atoms with Crippen LogP contribution in [0.3, 0.4) is 0 Å². The molecule has 3 nitrogen and oxygen atoms in total. The molecule has 0 radical (unpaired) electrons. The van der Waals surface area contributed by atoms with Crippen LogP contribution in [0.4, 0.5) is 12.9 Å². The summed E-state index contributed by atoms with van der Waals surface area (Å²) in [7, 11) is 0. The molecule has 13 heavy (non-hydrogen) atoms. The van der Waals surface area contributed by atoms with Crippen LogP contribution in [0.15, 0.2) is 0 Å². The number of hydrogen-bond donors (Lipinski definition) is 1. The first-order valence-electron chi connectivity index (χ1n) is 4.14. The average molecular weight is 195 g/mol. The van der Waals surface area contributed by atoms with Crippen molar-refractivity contribution in [2.45, 2.75) is 18.9 Å². The zero-order chi connectivity index (χ0) is 10.1. The van der Waals surface area contributed by atoms with Crippen molar-refractivity contribution in [1.82, 2.24) is 4.90 Å². The van der Waals surface area contributed by atoms with Gasteiger partial charge in [0.15, 0.2) is 0 Å².